The van der Waals surface area contributed by atoms with Gasteiger partial charge in [-0.1, -0.05) is 24.4 Å². The summed E-state index contributed by atoms with van der Waals surface area (Å²) in [5.74, 6) is 1.82. The van der Waals surface area contributed by atoms with Crippen molar-refractivity contribution in [3.05, 3.63) is 16.9 Å². The number of rotatable bonds is 6. The molecule has 4 rings (SSSR count). The molecule has 0 saturated heterocycles. The third-order valence-corrected chi connectivity index (χ3v) is 5.19. The SMILES string of the molecule is O=C(NCCn1cnc(-c2noc(=O)[nH]2)n1)C1CC(C2CCC2)C1. The Morgan fingerprint density at radius 2 is 2.21 bits per heavy atom. The Bertz CT molecular complexity index is 768. The van der Waals surface area contributed by atoms with Crippen LogP contribution in [0.15, 0.2) is 15.6 Å². The van der Waals surface area contributed by atoms with Gasteiger partial charge in [-0.15, -0.1) is 5.10 Å². The number of H-pyrrole nitrogens is 1. The van der Waals surface area contributed by atoms with Crippen LogP contribution in [0.1, 0.15) is 32.1 Å². The Kier molecular flexibility index (Phi) is 3.91. The number of aromatic nitrogens is 5. The highest BCUT2D eigenvalue weighted by molar-refractivity contribution is 5.79. The summed E-state index contributed by atoms with van der Waals surface area (Å²) in [6.45, 7) is 1.02. The van der Waals surface area contributed by atoms with Crippen molar-refractivity contribution in [2.45, 2.75) is 38.6 Å². The molecule has 0 bridgehead atoms. The van der Waals surface area contributed by atoms with Crippen molar-refractivity contribution in [3.63, 3.8) is 0 Å². The molecule has 2 aromatic heterocycles. The highest BCUT2D eigenvalue weighted by Crippen LogP contribution is 2.46. The molecule has 24 heavy (non-hydrogen) atoms. The van der Waals surface area contributed by atoms with Gasteiger partial charge in [-0.2, -0.15) is 0 Å². The van der Waals surface area contributed by atoms with Crippen molar-refractivity contribution < 1.29 is 9.32 Å². The second-order valence-electron chi connectivity index (χ2n) is 6.69. The molecule has 0 aromatic carbocycles. The van der Waals surface area contributed by atoms with Gasteiger partial charge in [0.05, 0.1) is 6.54 Å². The van der Waals surface area contributed by atoms with Crippen molar-refractivity contribution in [1.82, 2.24) is 30.2 Å². The maximum absolute atomic E-state index is 12.1. The molecule has 2 heterocycles. The molecule has 2 aliphatic carbocycles. The van der Waals surface area contributed by atoms with Crippen LogP contribution in [-0.4, -0.2) is 37.4 Å². The van der Waals surface area contributed by atoms with E-state index in [-0.39, 0.29) is 23.5 Å². The number of aromatic amines is 1. The standard InChI is InChI=1S/C15H20N6O3/c22-14(11-6-10(7-11)9-2-1-3-9)16-4-5-21-8-17-12(19-21)13-18-15(23)24-20-13/h8-11H,1-7H2,(H,16,22)(H,18,20,23). The topological polar surface area (TPSA) is 119 Å². The number of hydrogen-bond acceptors (Lipinski definition) is 6. The van der Waals surface area contributed by atoms with Gasteiger partial charge < -0.3 is 5.32 Å². The molecular formula is C15H20N6O3. The van der Waals surface area contributed by atoms with Gasteiger partial charge in [0.1, 0.15) is 6.33 Å². The summed E-state index contributed by atoms with van der Waals surface area (Å²) in [6, 6.07) is 0. The summed E-state index contributed by atoms with van der Waals surface area (Å²) in [6.07, 6.45) is 7.69. The molecule has 2 saturated carbocycles. The Balaban J connectivity index is 1.21. The summed E-state index contributed by atoms with van der Waals surface area (Å²) in [7, 11) is 0. The molecule has 2 aromatic rings. The van der Waals surface area contributed by atoms with Crippen LogP contribution < -0.4 is 11.1 Å². The van der Waals surface area contributed by atoms with Gasteiger partial charge in [-0.25, -0.2) is 9.78 Å². The van der Waals surface area contributed by atoms with Crippen molar-refractivity contribution in [3.8, 4) is 11.6 Å². The van der Waals surface area contributed by atoms with Crippen molar-refractivity contribution in [2.75, 3.05) is 6.54 Å². The zero-order valence-corrected chi connectivity index (χ0v) is 13.3. The predicted octanol–water partition coefficient (Wildman–Crippen LogP) is 0.564. The molecule has 0 spiro atoms. The van der Waals surface area contributed by atoms with Crippen LogP contribution in [-0.2, 0) is 11.3 Å². The van der Waals surface area contributed by atoms with E-state index in [9.17, 15) is 9.59 Å². The molecule has 0 unspecified atom stereocenters. The smallest absolute Gasteiger partial charge is 0.354 e. The average Bonchev–Trinajstić information content (AvgIpc) is 3.08. The molecule has 128 valence electrons. The first-order valence-corrected chi connectivity index (χ1v) is 8.42. The largest absolute Gasteiger partial charge is 0.439 e. The quantitative estimate of drug-likeness (QED) is 0.798. The lowest BCUT2D eigenvalue weighted by Gasteiger charge is -2.43. The van der Waals surface area contributed by atoms with Gasteiger partial charge in [0.2, 0.25) is 17.6 Å². The van der Waals surface area contributed by atoms with Crippen LogP contribution in [0.25, 0.3) is 11.6 Å². The van der Waals surface area contributed by atoms with Crippen LogP contribution >= 0.6 is 0 Å². The molecule has 0 atom stereocenters. The Hall–Kier alpha value is -2.45. The fourth-order valence-corrected chi connectivity index (χ4v) is 3.45. The van der Waals surface area contributed by atoms with E-state index in [1.807, 2.05) is 0 Å². The van der Waals surface area contributed by atoms with E-state index in [1.54, 1.807) is 4.68 Å². The Labute approximate surface area is 137 Å². The zero-order valence-electron chi connectivity index (χ0n) is 13.3. The number of hydrogen-bond donors (Lipinski definition) is 2. The number of nitrogens with one attached hydrogen (secondary N) is 2. The van der Waals surface area contributed by atoms with Crippen LogP contribution in [0.4, 0.5) is 0 Å². The van der Waals surface area contributed by atoms with Crippen LogP contribution in [0, 0.1) is 17.8 Å². The highest BCUT2D eigenvalue weighted by atomic mass is 16.5. The first-order valence-electron chi connectivity index (χ1n) is 8.42. The highest BCUT2D eigenvalue weighted by Gasteiger charge is 2.40. The number of carbonyl (C=O) groups is 1. The van der Waals surface area contributed by atoms with Crippen LogP contribution in [0.3, 0.4) is 0 Å². The first-order chi connectivity index (χ1) is 11.7. The summed E-state index contributed by atoms with van der Waals surface area (Å²) in [4.78, 5) is 29.5. The van der Waals surface area contributed by atoms with Crippen molar-refractivity contribution >= 4 is 5.91 Å². The number of carbonyl (C=O) groups excluding carboxylic acids is 1. The molecule has 9 heteroatoms. The van der Waals surface area contributed by atoms with Gasteiger partial charge in [-0.3, -0.25) is 19.0 Å². The summed E-state index contributed by atoms with van der Waals surface area (Å²) in [5.41, 5.74) is 0. The van der Waals surface area contributed by atoms with Crippen LogP contribution in [0.5, 0.6) is 0 Å². The fraction of sp³-hybridized carbons (Fsp3) is 0.667. The molecular weight excluding hydrogens is 312 g/mol. The second kappa shape index (κ2) is 6.21. The molecule has 1 amide bonds. The van der Waals surface area contributed by atoms with E-state index in [0.717, 1.165) is 24.7 Å². The molecule has 0 radical (unpaired) electrons. The van der Waals surface area contributed by atoms with Gasteiger partial charge >= 0.3 is 5.76 Å². The third kappa shape index (κ3) is 2.98. The summed E-state index contributed by atoms with van der Waals surface area (Å²) in [5, 5.41) is 10.7. The third-order valence-electron chi connectivity index (χ3n) is 5.19. The Morgan fingerprint density at radius 1 is 1.38 bits per heavy atom. The first kappa shape index (κ1) is 15.1. The van der Waals surface area contributed by atoms with Gasteiger partial charge in [0, 0.05) is 12.5 Å². The predicted molar refractivity (Wildman–Crippen MR) is 82.7 cm³/mol. The summed E-state index contributed by atoms with van der Waals surface area (Å²) < 4.78 is 6.01. The maximum atomic E-state index is 12.1. The minimum Gasteiger partial charge on any atom is -0.354 e. The molecule has 2 N–H and O–H groups in total. The fourth-order valence-electron chi connectivity index (χ4n) is 3.45. The lowest BCUT2D eigenvalue weighted by Crippen LogP contribution is -2.43. The van der Waals surface area contributed by atoms with Crippen LogP contribution in [0.2, 0.25) is 0 Å². The normalized spacial score (nSPS) is 23.5. The molecule has 0 aliphatic heterocycles. The van der Waals surface area contributed by atoms with E-state index < -0.39 is 5.76 Å². The van der Waals surface area contributed by atoms with Crippen molar-refractivity contribution in [1.29, 1.82) is 0 Å². The van der Waals surface area contributed by atoms with E-state index >= 15 is 0 Å². The minimum atomic E-state index is -0.644. The van der Waals surface area contributed by atoms with Gasteiger partial charge in [-0.05, 0) is 24.7 Å². The monoisotopic (exact) mass is 332 g/mol. The minimum absolute atomic E-state index is 0.145. The second-order valence-corrected chi connectivity index (χ2v) is 6.69. The Morgan fingerprint density at radius 3 is 2.88 bits per heavy atom. The average molecular weight is 332 g/mol. The lowest BCUT2D eigenvalue weighted by atomic mass is 9.62. The van der Waals surface area contributed by atoms with E-state index in [2.05, 4.69) is 30.1 Å². The lowest BCUT2D eigenvalue weighted by molar-refractivity contribution is -0.130. The maximum Gasteiger partial charge on any atom is 0.439 e. The van der Waals surface area contributed by atoms with E-state index in [0.29, 0.717) is 13.1 Å². The molecule has 2 aliphatic rings. The zero-order chi connectivity index (χ0) is 16.5. The summed E-state index contributed by atoms with van der Waals surface area (Å²) >= 11 is 0. The molecule has 2 fully saturated rings. The van der Waals surface area contributed by atoms with Crippen molar-refractivity contribution in [2.24, 2.45) is 17.8 Å². The number of amides is 1. The molecule has 9 nitrogen and oxygen atoms in total. The van der Waals surface area contributed by atoms with E-state index in [4.69, 9.17) is 0 Å². The number of nitrogens with zero attached hydrogens (tertiary/aromatic N) is 4. The van der Waals surface area contributed by atoms with Gasteiger partial charge in [0.15, 0.2) is 0 Å². The van der Waals surface area contributed by atoms with Gasteiger partial charge in [0.25, 0.3) is 0 Å². The van der Waals surface area contributed by atoms with E-state index in [1.165, 1.54) is 25.6 Å².